The van der Waals surface area contributed by atoms with Crippen molar-refractivity contribution in [2.45, 2.75) is 37.5 Å². The zero-order valence-electron chi connectivity index (χ0n) is 12.7. The highest BCUT2D eigenvalue weighted by atomic mass is 16.5. The Morgan fingerprint density at radius 2 is 2.14 bits per heavy atom. The number of para-hydroxylation sites is 1. The minimum atomic E-state index is 0.000131. The van der Waals surface area contributed by atoms with Gasteiger partial charge in [-0.2, -0.15) is 0 Å². The number of amides is 1. The molecule has 1 aromatic carbocycles. The zero-order chi connectivity index (χ0) is 14.9. The number of nitrogens with zero attached hydrogens (tertiary/aromatic N) is 1. The highest BCUT2D eigenvalue weighted by Gasteiger charge is 2.34. The number of benzene rings is 1. The summed E-state index contributed by atoms with van der Waals surface area (Å²) in [6.07, 6.45) is 2.41. The molecule has 5 heteroatoms. The lowest BCUT2D eigenvalue weighted by Gasteiger charge is -2.41. The summed E-state index contributed by atoms with van der Waals surface area (Å²) in [6, 6.07) is 8.94. The summed E-state index contributed by atoms with van der Waals surface area (Å²) in [5.74, 6) is 1.14. The zero-order valence-corrected chi connectivity index (χ0v) is 12.7. The monoisotopic (exact) mass is 302 g/mol. The Bertz CT molecular complexity index is 526. The van der Waals surface area contributed by atoms with Crippen molar-refractivity contribution in [3.05, 3.63) is 29.8 Å². The number of hydrogen-bond donors (Lipinski definition) is 1. The van der Waals surface area contributed by atoms with Crippen molar-refractivity contribution >= 4 is 5.91 Å². The second-order valence-corrected chi connectivity index (χ2v) is 6.48. The van der Waals surface area contributed by atoms with Crippen LogP contribution in [0, 0.1) is 0 Å². The summed E-state index contributed by atoms with van der Waals surface area (Å²) < 4.78 is 11.2. The molecule has 2 unspecified atom stereocenters. The van der Waals surface area contributed by atoms with E-state index < -0.39 is 0 Å². The van der Waals surface area contributed by atoms with Crippen LogP contribution in [0.3, 0.4) is 0 Å². The van der Waals surface area contributed by atoms with Gasteiger partial charge < -0.3 is 19.7 Å². The second-order valence-electron chi connectivity index (χ2n) is 6.48. The van der Waals surface area contributed by atoms with E-state index >= 15 is 0 Å². The van der Waals surface area contributed by atoms with Gasteiger partial charge in [0.15, 0.2) is 0 Å². The van der Waals surface area contributed by atoms with Gasteiger partial charge in [-0.3, -0.25) is 4.79 Å². The summed E-state index contributed by atoms with van der Waals surface area (Å²) in [6.45, 7) is 3.29. The van der Waals surface area contributed by atoms with E-state index in [2.05, 4.69) is 11.4 Å². The number of likely N-dealkylation sites (tertiary alicyclic amines) is 1. The molecule has 0 saturated carbocycles. The molecule has 4 rings (SSSR count). The first-order valence-corrected chi connectivity index (χ1v) is 8.14. The Kier molecular flexibility index (Phi) is 3.76. The highest BCUT2D eigenvalue weighted by molar-refractivity contribution is 5.78. The van der Waals surface area contributed by atoms with Gasteiger partial charge >= 0.3 is 0 Å². The Hall–Kier alpha value is -1.59. The van der Waals surface area contributed by atoms with Gasteiger partial charge in [-0.25, -0.2) is 0 Å². The topological polar surface area (TPSA) is 50.8 Å². The first-order valence-electron chi connectivity index (χ1n) is 8.14. The lowest BCUT2D eigenvalue weighted by Crippen LogP contribution is -2.62. The van der Waals surface area contributed by atoms with Crippen molar-refractivity contribution in [2.75, 3.05) is 26.3 Å². The van der Waals surface area contributed by atoms with Gasteiger partial charge in [-0.15, -0.1) is 0 Å². The fourth-order valence-corrected chi connectivity index (χ4v) is 3.48. The predicted molar refractivity (Wildman–Crippen MR) is 81.9 cm³/mol. The molecule has 2 saturated heterocycles. The molecule has 0 spiro atoms. The van der Waals surface area contributed by atoms with E-state index in [9.17, 15) is 4.79 Å². The molecule has 0 radical (unpaired) electrons. The van der Waals surface area contributed by atoms with Gasteiger partial charge in [0.1, 0.15) is 11.9 Å². The molecule has 1 amide bonds. The lowest BCUT2D eigenvalue weighted by molar-refractivity contribution is -0.137. The molecule has 0 aromatic heterocycles. The number of hydrogen-bond acceptors (Lipinski definition) is 4. The molecule has 22 heavy (non-hydrogen) atoms. The summed E-state index contributed by atoms with van der Waals surface area (Å²) in [5.41, 5.74) is 1.21. The third kappa shape index (κ3) is 2.83. The van der Waals surface area contributed by atoms with Crippen LogP contribution in [-0.2, 0) is 16.0 Å². The molecule has 3 aliphatic heterocycles. The van der Waals surface area contributed by atoms with Gasteiger partial charge in [-0.05, 0) is 18.1 Å². The number of fused-ring (bicyclic) bond motifs is 1. The summed E-state index contributed by atoms with van der Waals surface area (Å²) in [4.78, 5) is 14.2. The van der Waals surface area contributed by atoms with Crippen molar-refractivity contribution in [1.29, 1.82) is 0 Å². The van der Waals surface area contributed by atoms with Gasteiger partial charge in [0.2, 0.25) is 5.91 Å². The van der Waals surface area contributed by atoms with E-state index in [0.29, 0.717) is 18.5 Å². The van der Waals surface area contributed by atoms with Gasteiger partial charge in [0.25, 0.3) is 0 Å². The van der Waals surface area contributed by atoms with Crippen LogP contribution in [0.2, 0.25) is 0 Å². The molecule has 0 aliphatic carbocycles. The Labute approximate surface area is 130 Å². The maximum absolute atomic E-state index is 12.3. The van der Waals surface area contributed by atoms with Crippen LogP contribution in [0.4, 0.5) is 0 Å². The van der Waals surface area contributed by atoms with E-state index in [4.69, 9.17) is 9.47 Å². The fourth-order valence-electron chi connectivity index (χ4n) is 3.48. The molecule has 118 valence electrons. The Balaban J connectivity index is 1.22. The molecular weight excluding hydrogens is 280 g/mol. The predicted octanol–water partition coefficient (Wildman–Crippen LogP) is 0.969. The molecule has 2 atom stereocenters. The molecule has 3 aliphatic rings. The van der Waals surface area contributed by atoms with Crippen LogP contribution in [-0.4, -0.2) is 55.3 Å². The normalized spacial score (nSPS) is 27.4. The summed E-state index contributed by atoms with van der Waals surface area (Å²) in [7, 11) is 0. The lowest BCUT2D eigenvalue weighted by atomic mass is 10.0. The molecule has 1 aromatic rings. The highest BCUT2D eigenvalue weighted by Crippen LogP contribution is 2.30. The van der Waals surface area contributed by atoms with Crippen LogP contribution >= 0.6 is 0 Å². The number of rotatable bonds is 4. The molecular formula is C17H22N2O3. The quantitative estimate of drug-likeness (QED) is 0.900. The SMILES string of the molecule is O=C(CC1Cc2ccccc2O1)N1CC(NC2CCOC2)C1. The minimum Gasteiger partial charge on any atom is -0.489 e. The number of ether oxygens (including phenoxy) is 2. The summed E-state index contributed by atoms with van der Waals surface area (Å²) >= 11 is 0. The average Bonchev–Trinajstić information content (AvgIpc) is 3.10. The minimum absolute atomic E-state index is 0.000131. The summed E-state index contributed by atoms with van der Waals surface area (Å²) in [5, 5.41) is 3.56. The van der Waals surface area contributed by atoms with Crippen LogP contribution in [0.15, 0.2) is 24.3 Å². The smallest absolute Gasteiger partial charge is 0.226 e. The van der Waals surface area contributed by atoms with Crippen molar-refractivity contribution in [1.82, 2.24) is 10.2 Å². The van der Waals surface area contributed by atoms with Crippen molar-refractivity contribution in [3.8, 4) is 5.75 Å². The van der Waals surface area contributed by atoms with E-state index in [1.165, 1.54) is 5.56 Å². The Morgan fingerprint density at radius 3 is 2.91 bits per heavy atom. The van der Waals surface area contributed by atoms with Crippen LogP contribution < -0.4 is 10.1 Å². The third-order valence-corrected chi connectivity index (χ3v) is 4.75. The largest absolute Gasteiger partial charge is 0.489 e. The third-order valence-electron chi connectivity index (χ3n) is 4.75. The van der Waals surface area contributed by atoms with E-state index in [1.54, 1.807) is 0 Å². The average molecular weight is 302 g/mol. The molecule has 0 bridgehead atoms. The fraction of sp³-hybridized carbons (Fsp3) is 0.588. The van der Waals surface area contributed by atoms with Crippen molar-refractivity contribution in [2.24, 2.45) is 0 Å². The second kappa shape index (κ2) is 5.89. The van der Waals surface area contributed by atoms with Gasteiger partial charge in [-0.1, -0.05) is 18.2 Å². The van der Waals surface area contributed by atoms with Gasteiger partial charge in [0.05, 0.1) is 13.0 Å². The van der Waals surface area contributed by atoms with Crippen LogP contribution in [0.5, 0.6) is 5.75 Å². The number of carbonyl (C=O) groups is 1. The molecule has 5 nitrogen and oxygen atoms in total. The molecule has 2 fully saturated rings. The van der Waals surface area contributed by atoms with E-state index in [-0.39, 0.29) is 12.0 Å². The maximum atomic E-state index is 12.3. The molecule has 1 N–H and O–H groups in total. The maximum Gasteiger partial charge on any atom is 0.226 e. The van der Waals surface area contributed by atoms with Crippen molar-refractivity contribution in [3.63, 3.8) is 0 Å². The first kappa shape index (κ1) is 14.0. The van der Waals surface area contributed by atoms with Gasteiger partial charge in [0, 0.05) is 38.2 Å². The van der Waals surface area contributed by atoms with E-state index in [0.717, 1.165) is 44.9 Å². The van der Waals surface area contributed by atoms with E-state index in [1.807, 2.05) is 23.1 Å². The number of nitrogens with one attached hydrogen (secondary N) is 1. The number of carbonyl (C=O) groups excluding carboxylic acids is 1. The molecule has 3 heterocycles. The van der Waals surface area contributed by atoms with Crippen molar-refractivity contribution < 1.29 is 14.3 Å². The first-order chi connectivity index (χ1) is 10.8. The van der Waals surface area contributed by atoms with Crippen LogP contribution in [0.25, 0.3) is 0 Å². The standard InChI is InChI=1S/C17H22N2O3/c20-17(8-15-7-12-3-1-2-4-16(12)22-15)19-9-14(10-19)18-13-5-6-21-11-13/h1-4,13-15,18H,5-11H2. The van der Waals surface area contributed by atoms with Crippen LogP contribution in [0.1, 0.15) is 18.4 Å². The Morgan fingerprint density at radius 1 is 1.27 bits per heavy atom.